The highest BCUT2D eigenvalue weighted by Crippen LogP contribution is 2.13. The molecule has 3 N–H and O–H groups in total. The molecule has 7 heteroatoms. The van der Waals surface area contributed by atoms with Crippen LogP contribution in [0.3, 0.4) is 0 Å². The Kier molecular flexibility index (Phi) is 4.66. The third-order valence-corrected chi connectivity index (χ3v) is 3.12. The number of hydrogen-bond donors (Lipinski definition) is 2. The van der Waals surface area contributed by atoms with Gasteiger partial charge in [-0.15, -0.1) is 16.4 Å². The molecule has 0 unspecified atom stereocenters. The summed E-state index contributed by atoms with van der Waals surface area (Å²) in [5.74, 6) is 5.54. The summed E-state index contributed by atoms with van der Waals surface area (Å²) >= 11 is 1.43. The molecule has 19 heavy (non-hydrogen) atoms. The number of rotatable bonds is 4. The van der Waals surface area contributed by atoms with Gasteiger partial charge in [0.1, 0.15) is 0 Å². The topological polar surface area (TPSA) is 85.8 Å². The Balaban J connectivity index is 1.84. The molecule has 0 aromatic carbocycles. The van der Waals surface area contributed by atoms with Gasteiger partial charge in [-0.3, -0.25) is 9.48 Å². The Labute approximate surface area is 114 Å². The smallest absolute Gasteiger partial charge is 0.252 e. The first-order valence-corrected chi connectivity index (χ1v) is 6.57. The summed E-state index contributed by atoms with van der Waals surface area (Å²) in [6.07, 6.45) is 3.35. The molecule has 6 nitrogen and oxygen atoms in total. The zero-order valence-corrected chi connectivity index (χ0v) is 11.0. The predicted molar refractivity (Wildman–Crippen MR) is 72.6 cm³/mol. The molecule has 0 fully saturated rings. The zero-order chi connectivity index (χ0) is 13.5. The fraction of sp³-hybridized carbons (Fsp3) is 0.250. The molecular formula is C12H13N5OS. The van der Waals surface area contributed by atoms with Crippen molar-refractivity contribution in [3.8, 4) is 11.8 Å². The molecule has 0 spiro atoms. The van der Waals surface area contributed by atoms with Crippen LogP contribution in [0.25, 0.3) is 0 Å². The van der Waals surface area contributed by atoms with Crippen LogP contribution in [0, 0.1) is 11.8 Å². The summed E-state index contributed by atoms with van der Waals surface area (Å²) in [5, 5.41) is 12.1. The van der Waals surface area contributed by atoms with Crippen molar-refractivity contribution in [2.75, 3.05) is 13.1 Å². The van der Waals surface area contributed by atoms with E-state index >= 15 is 0 Å². The third kappa shape index (κ3) is 3.91. The second kappa shape index (κ2) is 6.68. The lowest BCUT2D eigenvalue weighted by Crippen LogP contribution is -2.27. The van der Waals surface area contributed by atoms with Gasteiger partial charge in [0.2, 0.25) is 0 Å². The Morgan fingerprint density at radius 2 is 2.47 bits per heavy atom. The summed E-state index contributed by atoms with van der Waals surface area (Å²) < 4.78 is 1.66. The van der Waals surface area contributed by atoms with Crippen LogP contribution in [0.4, 0.5) is 0 Å². The number of nitrogens with zero attached hydrogens (tertiary/aromatic N) is 3. The lowest BCUT2D eigenvalue weighted by molar-refractivity contribution is 0.0952. The van der Waals surface area contributed by atoms with Crippen molar-refractivity contribution in [3.63, 3.8) is 0 Å². The lowest BCUT2D eigenvalue weighted by Gasteiger charge is -2.02. The average molecular weight is 275 g/mol. The van der Waals surface area contributed by atoms with Crippen LogP contribution in [-0.4, -0.2) is 34.0 Å². The van der Waals surface area contributed by atoms with E-state index in [9.17, 15) is 4.79 Å². The minimum Gasteiger partial charge on any atom is -0.350 e. The van der Waals surface area contributed by atoms with Gasteiger partial charge in [-0.25, -0.2) is 0 Å². The summed E-state index contributed by atoms with van der Waals surface area (Å²) in [6, 6.07) is 1.76. The van der Waals surface area contributed by atoms with E-state index < -0.39 is 0 Å². The van der Waals surface area contributed by atoms with E-state index in [1.807, 2.05) is 0 Å². The van der Waals surface area contributed by atoms with Gasteiger partial charge in [0, 0.05) is 18.1 Å². The summed E-state index contributed by atoms with van der Waals surface area (Å²) in [4.78, 5) is 12.7. The van der Waals surface area contributed by atoms with Crippen molar-refractivity contribution in [2.24, 2.45) is 5.73 Å². The normalized spacial score (nSPS) is 9.74. The molecule has 2 rings (SSSR count). The first-order valence-electron chi connectivity index (χ1n) is 5.69. The highest BCUT2D eigenvalue weighted by Gasteiger charge is 2.07. The minimum absolute atomic E-state index is 0.114. The van der Waals surface area contributed by atoms with Gasteiger partial charge in [0.15, 0.2) is 0 Å². The first-order chi connectivity index (χ1) is 9.29. The maximum absolute atomic E-state index is 11.8. The molecule has 0 aliphatic carbocycles. The van der Waals surface area contributed by atoms with Gasteiger partial charge in [-0.2, -0.15) is 0 Å². The first kappa shape index (κ1) is 13.3. The molecule has 0 aliphatic rings. The van der Waals surface area contributed by atoms with Crippen molar-refractivity contribution in [2.45, 2.75) is 6.54 Å². The van der Waals surface area contributed by atoms with Gasteiger partial charge < -0.3 is 11.1 Å². The maximum Gasteiger partial charge on any atom is 0.252 e. The van der Waals surface area contributed by atoms with Crippen molar-refractivity contribution in [1.82, 2.24) is 20.3 Å². The van der Waals surface area contributed by atoms with E-state index in [0.29, 0.717) is 25.2 Å². The van der Waals surface area contributed by atoms with Crippen molar-refractivity contribution in [3.05, 3.63) is 34.3 Å². The summed E-state index contributed by atoms with van der Waals surface area (Å²) in [7, 11) is 0. The second-order valence-electron chi connectivity index (χ2n) is 3.63. The Morgan fingerprint density at radius 3 is 3.21 bits per heavy atom. The summed E-state index contributed by atoms with van der Waals surface area (Å²) in [6.45, 7) is 1.41. The van der Waals surface area contributed by atoms with Crippen LogP contribution in [0.2, 0.25) is 0 Å². The number of carbonyl (C=O) groups is 1. The minimum atomic E-state index is -0.114. The summed E-state index contributed by atoms with van der Waals surface area (Å²) in [5.41, 5.74) is 5.91. The van der Waals surface area contributed by atoms with Crippen molar-refractivity contribution >= 4 is 17.2 Å². The Bertz CT molecular complexity index is 593. The van der Waals surface area contributed by atoms with Crippen molar-refractivity contribution < 1.29 is 4.79 Å². The van der Waals surface area contributed by atoms with Gasteiger partial charge in [-0.05, 0) is 6.07 Å². The fourth-order valence-corrected chi connectivity index (χ4v) is 2.15. The van der Waals surface area contributed by atoms with Crippen LogP contribution < -0.4 is 11.1 Å². The Hall–Kier alpha value is -2.17. The number of aromatic nitrogens is 3. The number of thiophene rings is 1. The van der Waals surface area contributed by atoms with Crippen LogP contribution in [0.5, 0.6) is 0 Å². The molecule has 2 aromatic rings. The van der Waals surface area contributed by atoms with Gasteiger partial charge in [0.05, 0.1) is 29.7 Å². The van der Waals surface area contributed by atoms with Gasteiger partial charge >= 0.3 is 0 Å². The number of hydrogen-bond acceptors (Lipinski definition) is 5. The zero-order valence-electron chi connectivity index (χ0n) is 10.2. The number of carbonyl (C=O) groups excluding carboxylic acids is 1. The van der Waals surface area contributed by atoms with E-state index in [-0.39, 0.29) is 5.91 Å². The van der Waals surface area contributed by atoms with Crippen LogP contribution in [-0.2, 0) is 6.54 Å². The molecule has 98 valence electrons. The fourth-order valence-electron chi connectivity index (χ4n) is 1.40. The lowest BCUT2D eigenvalue weighted by atomic mass is 10.3. The SMILES string of the molecule is NCC#Cc1cc(C(=O)NCCn2ccnn2)cs1. The molecule has 2 aromatic heterocycles. The molecule has 2 heterocycles. The standard InChI is InChI=1S/C12H13N5OS/c13-3-1-2-11-8-10(9-19-11)12(18)14-4-6-17-7-5-15-16-17/h5,7-9H,3-4,6,13H2,(H,14,18). The van der Waals surface area contributed by atoms with Crippen molar-refractivity contribution in [1.29, 1.82) is 0 Å². The van der Waals surface area contributed by atoms with Crippen LogP contribution >= 0.6 is 11.3 Å². The van der Waals surface area contributed by atoms with E-state index in [1.165, 1.54) is 11.3 Å². The van der Waals surface area contributed by atoms with E-state index in [0.717, 1.165) is 4.88 Å². The molecular weight excluding hydrogens is 262 g/mol. The molecule has 0 aliphatic heterocycles. The molecule has 0 saturated heterocycles. The highest BCUT2D eigenvalue weighted by atomic mass is 32.1. The van der Waals surface area contributed by atoms with E-state index in [2.05, 4.69) is 27.5 Å². The van der Waals surface area contributed by atoms with E-state index in [1.54, 1.807) is 28.5 Å². The van der Waals surface area contributed by atoms with E-state index in [4.69, 9.17) is 5.73 Å². The number of nitrogens with one attached hydrogen (secondary N) is 1. The monoisotopic (exact) mass is 275 g/mol. The average Bonchev–Trinajstić information content (AvgIpc) is 3.07. The molecule has 0 atom stereocenters. The van der Waals surface area contributed by atoms with Crippen LogP contribution in [0.15, 0.2) is 23.8 Å². The predicted octanol–water partition coefficient (Wildman–Crippen LogP) is 0.0798. The third-order valence-electron chi connectivity index (χ3n) is 2.27. The Morgan fingerprint density at radius 1 is 1.58 bits per heavy atom. The van der Waals surface area contributed by atoms with Gasteiger partial charge in [0.25, 0.3) is 5.91 Å². The van der Waals surface area contributed by atoms with Gasteiger partial charge in [-0.1, -0.05) is 17.1 Å². The number of nitrogens with two attached hydrogens (primary N) is 1. The molecule has 0 bridgehead atoms. The molecule has 0 saturated carbocycles. The van der Waals surface area contributed by atoms with Crippen LogP contribution in [0.1, 0.15) is 15.2 Å². The molecule has 1 amide bonds. The maximum atomic E-state index is 11.8. The quantitative estimate of drug-likeness (QED) is 0.774. The number of amides is 1. The largest absolute Gasteiger partial charge is 0.350 e. The highest BCUT2D eigenvalue weighted by molar-refractivity contribution is 7.10. The second-order valence-corrected chi connectivity index (χ2v) is 4.54. The molecule has 0 radical (unpaired) electrons.